The van der Waals surface area contributed by atoms with Crippen LogP contribution in [0.3, 0.4) is 0 Å². The molecule has 1 heterocycles. The zero-order valence-corrected chi connectivity index (χ0v) is 20.5. The van der Waals surface area contributed by atoms with E-state index in [1.807, 2.05) is 0 Å². The number of halogens is 1. The second kappa shape index (κ2) is 7.71. The Morgan fingerprint density at radius 3 is 2.38 bits per heavy atom. The van der Waals surface area contributed by atoms with E-state index < -0.39 is 8.32 Å². The zero-order chi connectivity index (χ0) is 19.8. The molecule has 2 rings (SSSR count). The average Bonchev–Trinajstić information content (AvgIpc) is 2.51. The highest BCUT2D eigenvalue weighted by molar-refractivity contribution is 9.09. The topological polar surface area (TPSA) is 12.5 Å². The Balaban J connectivity index is 2.48. The summed E-state index contributed by atoms with van der Waals surface area (Å²) in [5.74, 6) is 1.02. The van der Waals surface area contributed by atoms with Crippen LogP contribution in [0.15, 0.2) is 24.3 Å². The van der Waals surface area contributed by atoms with Crippen LogP contribution in [0.25, 0.3) is 5.57 Å². The number of anilines is 1. The Morgan fingerprint density at radius 1 is 1.19 bits per heavy atom. The molecule has 0 unspecified atom stereocenters. The second-order valence-electron chi connectivity index (χ2n) is 9.50. The first kappa shape index (κ1) is 21.6. The van der Waals surface area contributed by atoms with Crippen molar-refractivity contribution in [2.45, 2.75) is 78.1 Å². The fraction of sp³-hybridized carbons (Fsp3) is 0.636. The fourth-order valence-electron chi connectivity index (χ4n) is 3.25. The molecule has 146 valence electrons. The van der Waals surface area contributed by atoms with Crippen molar-refractivity contribution in [2.75, 3.05) is 16.8 Å². The van der Waals surface area contributed by atoms with Crippen LogP contribution in [0.4, 0.5) is 5.69 Å². The van der Waals surface area contributed by atoms with Crippen molar-refractivity contribution in [2.24, 2.45) is 0 Å². The van der Waals surface area contributed by atoms with Gasteiger partial charge in [0, 0.05) is 29.2 Å². The predicted molar refractivity (Wildman–Crippen MR) is 122 cm³/mol. The van der Waals surface area contributed by atoms with Crippen molar-refractivity contribution in [3.63, 3.8) is 0 Å². The van der Waals surface area contributed by atoms with Gasteiger partial charge in [0.05, 0.1) is 5.54 Å². The maximum atomic E-state index is 6.60. The first-order valence-corrected chi connectivity index (χ1v) is 13.8. The highest BCUT2D eigenvalue weighted by Gasteiger charge is 2.39. The molecule has 4 heteroatoms. The number of rotatable bonds is 6. The average molecular weight is 439 g/mol. The van der Waals surface area contributed by atoms with Gasteiger partial charge in [0.2, 0.25) is 8.32 Å². The number of nitrogens with zero attached hydrogens (tertiary/aromatic N) is 1. The lowest BCUT2D eigenvalue weighted by atomic mass is 9.88. The monoisotopic (exact) mass is 437 g/mol. The molecule has 0 radical (unpaired) electrons. The van der Waals surface area contributed by atoms with Gasteiger partial charge >= 0.3 is 0 Å². The molecule has 1 aromatic rings. The Morgan fingerprint density at radius 2 is 1.85 bits per heavy atom. The van der Waals surface area contributed by atoms with E-state index in [1.54, 1.807) is 0 Å². The normalized spacial score (nSPS) is 17.0. The third-order valence-corrected chi connectivity index (χ3v) is 10.8. The second-order valence-corrected chi connectivity index (χ2v) is 14.8. The minimum atomic E-state index is -1.84. The summed E-state index contributed by atoms with van der Waals surface area (Å²) in [7, 11) is -1.84. The van der Waals surface area contributed by atoms with Crippen LogP contribution in [0, 0.1) is 0 Å². The number of unbranched alkanes of at least 4 members (excludes halogenated alkanes) is 1. The molecule has 0 atom stereocenters. The van der Waals surface area contributed by atoms with Crippen LogP contribution in [0.2, 0.25) is 18.1 Å². The predicted octanol–water partition coefficient (Wildman–Crippen LogP) is 7.25. The number of fused-ring (bicyclic) bond motifs is 1. The summed E-state index contributed by atoms with van der Waals surface area (Å²) in [4.78, 5) is 2.55. The van der Waals surface area contributed by atoms with Crippen molar-refractivity contribution >= 4 is 35.5 Å². The van der Waals surface area contributed by atoms with Gasteiger partial charge in [-0.25, -0.2) is 0 Å². The molecule has 1 aliphatic rings. The van der Waals surface area contributed by atoms with Gasteiger partial charge in [0.15, 0.2) is 0 Å². The van der Waals surface area contributed by atoms with Crippen LogP contribution in [-0.4, -0.2) is 25.7 Å². The van der Waals surface area contributed by atoms with Gasteiger partial charge in [-0.15, -0.1) is 0 Å². The van der Waals surface area contributed by atoms with Gasteiger partial charge in [-0.2, -0.15) is 0 Å². The molecule has 1 aliphatic heterocycles. The molecule has 0 aromatic heterocycles. The first-order chi connectivity index (χ1) is 11.9. The van der Waals surface area contributed by atoms with Crippen molar-refractivity contribution in [3.05, 3.63) is 29.8 Å². The first-order valence-electron chi connectivity index (χ1n) is 9.81. The Hall–Kier alpha value is -0.743. The van der Waals surface area contributed by atoms with E-state index in [2.05, 4.69) is 99.7 Å². The molecular formula is C22H36BrNOSi. The van der Waals surface area contributed by atoms with Gasteiger partial charge in [-0.1, -0.05) is 56.1 Å². The molecule has 26 heavy (non-hydrogen) atoms. The maximum absolute atomic E-state index is 6.60. The van der Waals surface area contributed by atoms with E-state index in [0.29, 0.717) is 0 Å². The molecule has 0 saturated carbocycles. The smallest absolute Gasteiger partial charge is 0.250 e. The summed E-state index contributed by atoms with van der Waals surface area (Å²) < 4.78 is 6.60. The highest BCUT2D eigenvalue weighted by atomic mass is 79.9. The van der Waals surface area contributed by atoms with Crippen molar-refractivity contribution in [1.82, 2.24) is 0 Å². The van der Waals surface area contributed by atoms with Crippen LogP contribution in [0.1, 0.15) is 59.9 Å². The molecule has 0 N–H and O–H groups in total. The highest BCUT2D eigenvalue weighted by Crippen LogP contribution is 2.43. The fourth-order valence-corrected chi connectivity index (χ4v) is 4.73. The SMILES string of the molecule is CCCCN1c2cc(O[Si](C)(C)C(C)(C)C)ccc2C(CBr)=CC1(C)C. The van der Waals surface area contributed by atoms with Crippen molar-refractivity contribution in [3.8, 4) is 5.75 Å². The largest absolute Gasteiger partial charge is 0.543 e. The van der Waals surface area contributed by atoms with Gasteiger partial charge in [-0.3, -0.25) is 0 Å². The molecule has 0 bridgehead atoms. The maximum Gasteiger partial charge on any atom is 0.250 e. The summed E-state index contributed by atoms with van der Waals surface area (Å²) in [5.41, 5.74) is 4.04. The standard InChI is InChI=1S/C22H36BrNOSi/c1-9-10-13-24-20-14-18(25-26(7,8)21(2,3)4)11-12-19(20)17(16-23)15-22(24,5)6/h11-12,14-15H,9-10,13,16H2,1-8H3. The van der Waals surface area contributed by atoms with Crippen molar-refractivity contribution in [1.29, 1.82) is 0 Å². The van der Waals surface area contributed by atoms with Gasteiger partial charge in [0.1, 0.15) is 5.75 Å². The third kappa shape index (κ3) is 4.39. The van der Waals surface area contributed by atoms with E-state index in [0.717, 1.165) is 17.6 Å². The van der Waals surface area contributed by atoms with E-state index in [1.165, 1.54) is 29.7 Å². The van der Waals surface area contributed by atoms with Crippen LogP contribution < -0.4 is 9.33 Å². The summed E-state index contributed by atoms with van der Waals surface area (Å²) in [5, 5.41) is 1.08. The molecule has 0 amide bonds. The van der Waals surface area contributed by atoms with Gasteiger partial charge < -0.3 is 9.33 Å². The van der Waals surface area contributed by atoms with Crippen molar-refractivity contribution < 1.29 is 4.43 Å². The quantitative estimate of drug-likeness (QED) is 0.343. The molecular weight excluding hydrogens is 402 g/mol. The Labute approximate surface area is 170 Å². The van der Waals surface area contributed by atoms with E-state index in [9.17, 15) is 0 Å². The molecule has 0 spiro atoms. The number of hydrogen-bond donors (Lipinski definition) is 0. The van der Waals surface area contributed by atoms with E-state index >= 15 is 0 Å². The van der Waals surface area contributed by atoms with Crippen LogP contribution >= 0.6 is 15.9 Å². The number of hydrogen-bond acceptors (Lipinski definition) is 2. The number of alkyl halides is 1. The van der Waals surface area contributed by atoms with E-state index in [4.69, 9.17) is 4.43 Å². The number of allylic oxidation sites excluding steroid dienone is 1. The number of benzene rings is 1. The summed E-state index contributed by atoms with van der Waals surface area (Å²) in [6.45, 7) is 19.5. The van der Waals surface area contributed by atoms with E-state index in [-0.39, 0.29) is 10.6 Å². The molecule has 0 fully saturated rings. The lowest BCUT2D eigenvalue weighted by Crippen LogP contribution is -2.46. The lowest BCUT2D eigenvalue weighted by molar-refractivity contribution is 0.490. The minimum Gasteiger partial charge on any atom is -0.543 e. The van der Waals surface area contributed by atoms with Gasteiger partial charge in [-0.05, 0) is 56.1 Å². The lowest BCUT2D eigenvalue weighted by Gasteiger charge is -2.44. The summed E-state index contributed by atoms with van der Waals surface area (Å²) >= 11 is 3.69. The Bertz CT molecular complexity index is 673. The van der Waals surface area contributed by atoms with Crippen LogP contribution in [-0.2, 0) is 0 Å². The minimum absolute atomic E-state index is 0.0148. The third-order valence-electron chi connectivity index (χ3n) is 5.89. The van der Waals surface area contributed by atoms with Crippen LogP contribution in [0.5, 0.6) is 5.75 Å². The Kier molecular flexibility index (Phi) is 6.39. The molecule has 2 nitrogen and oxygen atoms in total. The molecule has 0 saturated heterocycles. The summed E-state index contributed by atoms with van der Waals surface area (Å²) in [6, 6.07) is 6.69. The molecule has 0 aliphatic carbocycles. The zero-order valence-electron chi connectivity index (χ0n) is 17.9. The molecule has 1 aromatic carbocycles. The van der Waals surface area contributed by atoms with Gasteiger partial charge in [0.25, 0.3) is 0 Å². The summed E-state index contributed by atoms with van der Waals surface area (Å²) in [6.07, 6.45) is 4.82.